The molecule has 14 nitrogen and oxygen atoms in total. The highest BCUT2D eigenvalue weighted by atomic mass is 32.2. The van der Waals surface area contributed by atoms with E-state index < -0.39 is 79.7 Å². The standard InChI is InChI=1S/C38H51N5O9S/c1-9-22-19-38(22,34(46)42-53(48,49)25-13-14-25)41-32(44)29-17-24(20-43(29)33(45)31(36(2,3)4)40-35(47)52-37(5,6)7)51-30-18-27(21-10-11-21)39-28-16-23(50-8)12-15-26(28)30/h9,12,15-16,18,21-22,24-25,29,31H,1,10-11,13-14,17,19-20H2,2-8H3,(H,40,47)(H,41,44)(H,42,46). The van der Waals surface area contributed by atoms with Gasteiger partial charge in [-0.15, -0.1) is 6.58 Å². The number of methoxy groups -OCH3 is 1. The highest BCUT2D eigenvalue weighted by Gasteiger charge is 2.62. The third-order valence-corrected chi connectivity index (χ3v) is 12.0. The molecule has 2 aromatic rings. The number of amides is 4. The minimum atomic E-state index is -3.90. The molecule has 53 heavy (non-hydrogen) atoms. The Kier molecular flexibility index (Phi) is 9.97. The first kappa shape index (κ1) is 38.3. The molecule has 0 bridgehead atoms. The van der Waals surface area contributed by atoms with E-state index in [1.807, 2.05) is 24.3 Å². The number of aromatic nitrogens is 1. The molecular weight excluding hydrogens is 703 g/mol. The summed E-state index contributed by atoms with van der Waals surface area (Å²) in [6.45, 7) is 14.3. The summed E-state index contributed by atoms with van der Waals surface area (Å²) in [5.74, 6) is -1.05. The second-order valence-corrected chi connectivity index (χ2v) is 18.8. The van der Waals surface area contributed by atoms with E-state index in [0.717, 1.165) is 23.9 Å². The molecule has 3 saturated carbocycles. The number of pyridine rings is 1. The SMILES string of the molecule is C=CC1CC1(NC(=O)C1CC(Oc2cc(C3CC3)nc3cc(OC)ccc23)CN1C(=O)C(NC(=O)OC(C)(C)C)C(C)(C)C)C(=O)NS(=O)(=O)C1CC1. The lowest BCUT2D eigenvalue weighted by Gasteiger charge is -2.36. The number of rotatable bonds is 12. The minimum Gasteiger partial charge on any atom is -0.497 e. The van der Waals surface area contributed by atoms with Crippen LogP contribution in [0.4, 0.5) is 4.79 Å². The van der Waals surface area contributed by atoms with Crippen molar-refractivity contribution in [2.75, 3.05) is 13.7 Å². The zero-order valence-electron chi connectivity index (χ0n) is 31.5. The molecule has 0 radical (unpaired) electrons. The molecule has 1 saturated heterocycles. The molecule has 5 unspecified atom stereocenters. The minimum absolute atomic E-state index is 0.0155. The summed E-state index contributed by atoms with van der Waals surface area (Å²) >= 11 is 0. The molecule has 3 aliphatic carbocycles. The largest absolute Gasteiger partial charge is 0.497 e. The monoisotopic (exact) mass is 753 g/mol. The second kappa shape index (κ2) is 13.8. The molecule has 2 heterocycles. The Balaban J connectivity index is 1.31. The third kappa shape index (κ3) is 8.39. The van der Waals surface area contributed by atoms with Gasteiger partial charge >= 0.3 is 6.09 Å². The molecule has 4 fully saturated rings. The zero-order chi connectivity index (χ0) is 38.7. The van der Waals surface area contributed by atoms with E-state index in [1.165, 1.54) is 11.0 Å². The van der Waals surface area contributed by atoms with Crippen LogP contribution in [0.2, 0.25) is 0 Å². The highest BCUT2D eigenvalue weighted by Crippen LogP contribution is 2.46. The normalized spacial score (nSPS) is 24.9. The van der Waals surface area contributed by atoms with Crippen LogP contribution >= 0.6 is 0 Å². The molecule has 4 aliphatic rings. The first-order valence-electron chi connectivity index (χ1n) is 18.2. The molecule has 0 spiro atoms. The van der Waals surface area contributed by atoms with Crippen LogP contribution in [0.5, 0.6) is 11.5 Å². The van der Waals surface area contributed by atoms with Crippen molar-refractivity contribution in [1.29, 1.82) is 0 Å². The number of ether oxygens (including phenoxy) is 3. The Morgan fingerprint density at radius 2 is 1.75 bits per heavy atom. The second-order valence-electron chi connectivity index (χ2n) is 16.8. The number of hydrogen-bond donors (Lipinski definition) is 3. The van der Waals surface area contributed by atoms with Crippen LogP contribution in [-0.4, -0.2) is 90.3 Å². The van der Waals surface area contributed by atoms with Crippen molar-refractivity contribution in [2.45, 2.75) is 121 Å². The van der Waals surface area contributed by atoms with Gasteiger partial charge in [0.05, 0.1) is 24.4 Å². The molecule has 1 aromatic carbocycles. The maximum Gasteiger partial charge on any atom is 0.408 e. The topological polar surface area (TPSA) is 182 Å². The lowest BCUT2D eigenvalue weighted by Crippen LogP contribution is -2.60. The number of fused-ring (bicyclic) bond motifs is 1. The Morgan fingerprint density at radius 1 is 1.06 bits per heavy atom. The molecule has 1 aliphatic heterocycles. The lowest BCUT2D eigenvalue weighted by atomic mass is 9.85. The van der Waals surface area contributed by atoms with Crippen LogP contribution in [0.1, 0.15) is 91.7 Å². The summed E-state index contributed by atoms with van der Waals surface area (Å²) in [7, 11) is -2.32. The van der Waals surface area contributed by atoms with Gasteiger partial charge in [-0.2, -0.15) is 0 Å². The van der Waals surface area contributed by atoms with Gasteiger partial charge in [0.15, 0.2) is 0 Å². The predicted molar refractivity (Wildman–Crippen MR) is 197 cm³/mol. The number of nitrogens with zero attached hydrogens (tertiary/aromatic N) is 2. The van der Waals surface area contributed by atoms with Gasteiger partial charge in [-0.05, 0) is 70.4 Å². The van der Waals surface area contributed by atoms with Crippen LogP contribution in [0.3, 0.4) is 0 Å². The molecular formula is C38H51N5O9S. The maximum atomic E-state index is 14.6. The highest BCUT2D eigenvalue weighted by molar-refractivity contribution is 7.91. The summed E-state index contributed by atoms with van der Waals surface area (Å²) < 4.78 is 45.2. The molecule has 4 amide bonds. The van der Waals surface area contributed by atoms with Crippen LogP contribution < -0.4 is 24.8 Å². The fourth-order valence-electron chi connectivity index (χ4n) is 6.82. The van der Waals surface area contributed by atoms with E-state index in [0.29, 0.717) is 35.8 Å². The summed E-state index contributed by atoms with van der Waals surface area (Å²) in [5, 5.41) is 5.63. The van der Waals surface area contributed by atoms with Crippen molar-refractivity contribution in [3.05, 3.63) is 42.6 Å². The molecule has 288 valence electrons. The Hall–Kier alpha value is -4.40. The van der Waals surface area contributed by atoms with E-state index in [4.69, 9.17) is 19.2 Å². The van der Waals surface area contributed by atoms with E-state index in [2.05, 4.69) is 21.9 Å². The van der Waals surface area contributed by atoms with Gasteiger partial charge in [-0.25, -0.2) is 13.2 Å². The number of alkyl carbamates (subject to hydrolysis) is 1. The Bertz CT molecular complexity index is 1930. The molecule has 5 atom stereocenters. The van der Waals surface area contributed by atoms with Crippen molar-refractivity contribution < 1.29 is 41.8 Å². The average Bonchev–Trinajstić information content (AvgIpc) is 3.94. The fourth-order valence-corrected chi connectivity index (χ4v) is 8.19. The van der Waals surface area contributed by atoms with Gasteiger partial charge in [-0.1, -0.05) is 26.8 Å². The Labute approximate surface area is 310 Å². The molecule has 15 heteroatoms. The van der Waals surface area contributed by atoms with Crippen LogP contribution in [0, 0.1) is 11.3 Å². The van der Waals surface area contributed by atoms with Gasteiger partial charge in [-0.3, -0.25) is 24.1 Å². The summed E-state index contributed by atoms with van der Waals surface area (Å²) in [6, 6.07) is 5.17. The fraction of sp³-hybridized carbons (Fsp3) is 0.605. The smallest absolute Gasteiger partial charge is 0.408 e. The van der Waals surface area contributed by atoms with Crippen molar-refractivity contribution in [1.82, 2.24) is 25.2 Å². The lowest BCUT2D eigenvalue weighted by molar-refractivity contribution is -0.143. The quantitative estimate of drug-likeness (QED) is 0.267. The number of sulfonamides is 1. The van der Waals surface area contributed by atoms with E-state index in [1.54, 1.807) is 48.7 Å². The van der Waals surface area contributed by atoms with Crippen molar-refractivity contribution in [2.24, 2.45) is 11.3 Å². The van der Waals surface area contributed by atoms with E-state index >= 15 is 0 Å². The summed E-state index contributed by atoms with van der Waals surface area (Å²) in [6.07, 6.45) is 3.19. The Morgan fingerprint density at radius 3 is 2.32 bits per heavy atom. The molecule has 6 rings (SSSR count). The molecule has 1 aromatic heterocycles. The van der Waals surface area contributed by atoms with Gasteiger partial charge in [0, 0.05) is 41.5 Å². The zero-order valence-corrected chi connectivity index (χ0v) is 32.3. The van der Waals surface area contributed by atoms with Gasteiger partial charge in [0.1, 0.15) is 40.8 Å². The van der Waals surface area contributed by atoms with Gasteiger partial charge in [0.2, 0.25) is 21.8 Å². The first-order chi connectivity index (χ1) is 24.7. The van der Waals surface area contributed by atoms with Crippen LogP contribution in [0.15, 0.2) is 36.9 Å². The van der Waals surface area contributed by atoms with E-state index in [9.17, 15) is 27.6 Å². The van der Waals surface area contributed by atoms with E-state index in [-0.39, 0.29) is 19.4 Å². The van der Waals surface area contributed by atoms with Gasteiger partial charge in [0.25, 0.3) is 5.91 Å². The number of nitrogens with one attached hydrogen (secondary N) is 3. The van der Waals surface area contributed by atoms with Gasteiger partial charge < -0.3 is 29.7 Å². The number of carbonyl (C=O) groups excluding carboxylic acids is 4. The predicted octanol–water partition coefficient (Wildman–Crippen LogP) is 4.08. The number of hydrogen-bond acceptors (Lipinski definition) is 10. The van der Waals surface area contributed by atoms with Crippen molar-refractivity contribution >= 4 is 44.7 Å². The third-order valence-electron chi connectivity index (χ3n) is 10.2. The van der Waals surface area contributed by atoms with Crippen LogP contribution in [0.25, 0.3) is 10.9 Å². The van der Waals surface area contributed by atoms with Crippen LogP contribution in [-0.2, 0) is 29.1 Å². The summed E-state index contributed by atoms with van der Waals surface area (Å²) in [5.41, 5.74) is -1.61. The number of likely N-dealkylation sites (tertiary alicyclic amines) is 1. The number of carbonyl (C=O) groups is 4. The first-order valence-corrected chi connectivity index (χ1v) is 19.8. The van der Waals surface area contributed by atoms with Crippen molar-refractivity contribution in [3.8, 4) is 11.5 Å². The average molecular weight is 754 g/mol. The maximum absolute atomic E-state index is 14.6. The summed E-state index contributed by atoms with van der Waals surface area (Å²) in [4.78, 5) is 61.7. The molecule has 3 N–H and O–H groups in total. The van der Waals surface area contributed by atoms with Crippen molar-refractivity contribution in [3.63, 3.8) is 0 Å². The number of benzene rings is 1.